The number of hydrogen-bond donors (Lipinski definition) is 1. The van der Waals surface area contributed by atoms with Crippen molar-refractivity contribution in [3.8, 4) is 0 Å². The van der Waals surface area contributed by atoms with E-state index in [9.17, 15) is 8.42 Å². The van der Waals surface area contributed by atoms with Gasteiger partial charge in [0.25, 0.3) is 0 Å². The number of benzene rings is 1. The maximum atomic E-state index is 10.4. The van der Waals surface area contributed by atoms with Crippen LogP contribution in [-0.4, -0.2) is 59.8 Å². The van der Waals surface area contributed by atoms with Gasteiger partial charge in [0, 0.05) is 0 Å². The van der Waals surface area contributed by atoms with Crippen LogP contribution in [0.15, 0.2) is 35.7 Å². The van der Waals surface area contributed by atoms with Crippen molar-refractivity contribution in [2.24, 2.45) is 0 Å². The monoisotopic (exact) mass is 208 g/mol. The van der Waals surface area contributed by atoms with Gasteiger partial charge in [0.1, 0.15) is 0 Å². The Hall–Kier alpha value is 0.546. The molecule has 0 spiro atoms. The van der Waals surface area contributed by atoms with Gasteiger partial charge in [-0.2, -0.15) is 0 Å². The third-order valence-corrected chi connectivity index (χ3v) is 2.06. The predicted octanol–water partition coefficient (Wildman–Crippen LogP) is 0.651. The first kappa shape index (κ1) is 12.5. The quantitative estimate of drug-likeness (QED) is 0.572. The summed E-state index contributed by atoms with van der Waals surface area (Å²) in [5.41, 5.74) is 0.922. The molecule has 0 heterocycles. The van der Waals surface area contributed by atoms with Crippen LogP contribution in [0.25, 0.3) is 6.08 Å². The van der Waals surface area contributed by atoms with Crippen LogP contribution in [0, 0.1) is 0 Å². The Balaban J connectivity index is 0.00000121. The summed E-state index contributed by atoms with van der Waals surface area (Å²) in [5, 5.41) is 0. The Bertz CT molecular complexity index is 319. The maximum absolute atomic E-state index is 10.4. The Morgan fingerprint density at radius 2 is 1.67 bits per heavy atom. The molecule has 2 nitrogen and oxygen atoms in total. The van der Waals surface area contributed by atoms with Crippen LogP contribution in [0.3, 0.4) is 0 Å². The van der Waals surface area contributed by atoms with Crippen LogP contribution in [0.1, 0.15) is 5.56 Å². The minimum atomic E-state index is -2.45. The molecule has 0 aliphatic carbocycles. The van der Waals surface area contributed by atoms with Crippen LogP contribution >= 0.6 is 0 Å². The van der Waals surface area contributed by atoms with E-state index < -0.39 is 10.7 Å². The Kier molecular flexibility index (Phi) is 6.35. The summed E-state index contributed by atoms with van der Waals surface area (Å²) in [6.45, 7) is 3.55. The molecule has 60 valence electrons. The molecule has 4 heteroatoms. The Labute approximate surface area is 116 Å². The number of rotatable bonds is 2. The van der Waals surface area contributed by atoms with Gasteiger partial charge in [0.2, 0.25) is 0 Å². The summed E-state index contributed by atoms with van der Waals surface area (Å²) in [5.74, 6) is 0. The SMILES string of the molecule is C=Cc1ccc([SH](=O)=O)cc1.[KH]. The predicted molar refractivity (Wildman–Crippen MR) is 52.3 cm³/mol. The molecule has 0 amide bonds. The van der Waals surface area contributed by atoms with Gasteiger partial charge in [-0.05, 0) is 17.7 Å². The fourth-order valence-corrected chi connectivity index (χ4v) is 1.12. The molecule has 0 aliphatic rings. The molecule has 1 aromatic carbocycles. The molecule has 0 N–H and O–H groups in total. The van der Waals surface area contributed by atoms with Gasteiger partial charge in [-0.3, -0.25) is 0 Å². The fourth-order valence-electron chi connectivity index (χ4n) is 0.732. The van der Waals surface area contributed by atoms with Gasteiger partial charge in [-0.15, -0.1) is 0 Å². The topological polar surface area (TPSA) is 34.1 Å². The molecule has 0 atom stereocenters. The van der Waals surface area contributed by atoms with E-state index in [2.05, 4.69) is 6.58 Å². The third kappa shape index (κ3) is 3.51. The van der Waals surface area contributed by atoms with Gasteiger partial charge >= 0.3 is 51.4 Å². The van der Waals surface area contributed by atoms with Crippen molar-refractivity contribution >= 4 is 68.2 Å². The molecule has 0 fully saturated rings. The van der Waals surface area contributed by atoms with E-state index in [0.717, 1.165) is 5.56 Å². The third-order valence-electron chi connectivity index (χ3n) is 1.34. The standard InChI is InChI=1S/C8H8O2S.K.H/c1-2-7-3-5-8(6-4-7)11(9)10;;/h2-6,11H,1H2;;. The molecule has 0 unspecified atom stereocenters. The summed E-state index contributed by atoms with van der Waals surface area (Å²) in [7, 11) is -2.45. The fraction of sp³-hybridized carbons (Fsp3) is 0. The molecular weight excluding hydrogens is 199 g/mol. The van der Waals surface area contributed by atoms with Crippen LogP contribution in [0.2, 0.25) is 0 Å². The normalized spacial score (nSPS) is 9.08. The molecule has 0 radical (unpaired) electrons. The van der Waals surface area contributed by atoms with E-state index in [1.54, 1.807) is 30.3 Å². The molecule has 1 rings (SSSR count). The first-order valence-corrected chi connectivity index (χ1v) is 4.28. The molecule has 0 aliphatic heterocycles. The first-order valence-electron chi connectivity index (χ1n) is 3.11. The minimum absolute atomic E-state index is 0. The second-order valence-electron chi connectivity index (χ2n) is 2.05. The zero-order valence-electron chi connectivity index (χ0n) is 5.86. The van der Waals surface area contributed by atoms with Crippen molar-refractivity contribution in [3.05, 3.63) is 36.4 Å². The molecule has 0 aromatic heterocycles. The molecule has 0 saturated carbocycles. The van der Waals surface area contributed by atoms with E-state index in [1.165, 1.54) is 0 Å². The van der Waals surface area contributed by atoms with Crippen molar-refractivity contribution in [2.75, 3.05) is 0 Å². The van der Waals surface area contributed by atoms with Gasteiger partial charge in [-0.25, -0.2) is 8.42 Å². The van der Waals surface area contributed by atoms with Crippen molar-refractivity contribution in [1.29, 1.82) is 0 Å². The molecule has 12 heavy (non-hydrogen) atoms. The average Bonchev–Trinajstić information content (AvgIpc) is 2.05. The average molecular weight is 208 g/mol. The Morgan fingerprint density at radius 3 is 2.00 bits per heavy atom. The summed E-state index contributed by atoms with van der Waals surface area (Å²) in [6.07, 6.45) is 1.67. The zero-order chi connectivity index (χ0) is 8.27. The van der Waals surface area contributed by atoms with E-state index in [-0.39, 0.29) is 51.4 Å². The van der Waals surface area contributed by atoms with Crippen molar-refractivity contribution < 1.29 is 8.42 Å². The zero-order valence-corrected chi connectivity index (χ0v) is 6.75. The van der Waals surface area contributed by atoms with Gasteiger partial charge in [0.15, 0.2) is 10.7 Å². The van der Waals surface area contributed by atoms with Crippen LogP contribution < -0.4 is 0 Å². The molecule has 0 saturated heterocycles. The van der Waals surface area contributed by atoms with Gasteiger partial charge in [0.05, 0.1) is 4.90 Å². The summed E-state index contributed by atoms with van der Waals surface area (Å²) < 4.78 is 20.8. The van der Waals surface area contributed by atoms with E-state index in [1.807, 2.05) is 0 Å². The van der Waals surface area contributed by atoms with E-state index >= 15 is 0 Å². The Morgan fingerprint density at radius 1 is 1.17 bits per heavy atom. The number of hydrogen-bond acceptors (Lipinski definition) is 2. The number of thiol groups is 1. The van der Waals surface area contributed by atoms with Crippen LogP contribution in [0.4, 0.5) is 0 Å². The summed E-state index contributed by atoms with van der Waals surface area (Å²) in [4.78, 5) is 0.339. The first-order chi connectivity index (χ1) is 5.24. The second kappa shape index (κ2) is 6.07. The van der Waals surface area contributed by atoms with Crippen molar-refractivity contribution in [2.45, 2.75) is 4.90 Å². The van der Waals surface area contributed by atoms with E-state index in [0.29, 0.717) is 4.90 Å². The van der Waals surface area contributed by atoms with Crippen molar-refractivity contribution in [3.63, 3.8) is 0 Å². The van der Waals surface area contributed by atoms with Crippen LogP contribution in [-0.2, 0) is 10.7 Å². The van der Waals surface area contributed by atoms with Gasteiger partial charge in [-0.1, -0.05) is 24.8 Å². The summed E-state index contributed by atoms with van der Waals surface area (Å²) in [6, 6.07) is 6.55. The second-order valence-corrected chi connectivity index (χ2v) is 3.08. The summed E-state index contributed by atoms with van der Waals surface area (Å²) >= 11 is 0. The van der Waals surface area contributed by atoms with E-state index in [4.69, 9.17) is 0 Å². The van der Waals surface area contributed by atoms with Crippen LogP contribution in [0.5, 0.6) is 0 Å². The van der Waals surface area contributed by atoms with Gasteiger partial charge < -0.3 is 0 Å². The molecule has 1 aromatic rings. The van der Waals surface area contributed by atoms with Crippen molar-refractivity contribution in [1.82, 2.24) is 0 Å². The molecular formula is C8H9KO2S. The molecule has 0 bridgehead atoms.